The Bertz CT molecular complexity index is 1520. The minimum absolute atomic E-state index is 0.0242. The Morgan fingerprint density at radius 3 is 2.75 bits per heavy atom. The number of alkyl halides is 3. The number of carbonyl (C=O) groups is 1. The number of carbonyl (C=O) groups excluding carboxylic acids is 1. The molecule has 40 heavy (non-hydrogen) atoms. The zero-order valence-electron chi connectivity index (χ0n) is 22.3. The third-order valence-electron chi connectivity index (χ3n) is 11.7. The smallest absolute Gasteiger partial charge is 0.416 e. The van der Waals surface area contributed by atoms with E-state index in [9.17, 15) is 18.0 Å². The molecule has 3 aliphatic heterocycles. The molecule has 2 bridgehead atoms. The third kappa shape index (κ3) is 2.42. The molecule has 3 saturated carbocycles. The van der Waals surface area contributed by atoms with Gasteiger partial charge in [-0.2, -0.15) is 13.2 Å². The summed E-state index contributed by atoms with van der Waals surface area (Å²) < 4.78 is 53.4. The minimum Gasteiger partial charge on any atom is -0.497 e. The van der Waals surface area contributed by atoms with Crippen LogP contribution < -0.4 is 4.74 Å². The molecule has 6 unspecified atom stereocenters. The van der Waals surface area contributed by atoms with Gasteiger partial charge in [-0.1, -0.05) is 18.7 Å². The second-order valence-electron chi connectivity index (χ2n) is 13.2. The van der Waals surface area contributed by atoms with Crippen LogP contribution in [0.5, 0.6) is 5.75 Å². The number of hydrogen-bond acceptors (Lipinski definition) is 4. The van der Waals surface area contributed by atoms with Crippen molar-refractivity contribution in [2.24, 2.45) is 17.3 Å². The molecule has 3 heterocycles. The fraction of sp³-hybridized carbons (Fsp3) is 0.531. The van der Waals surface area contributed by atoms with Gasteiger partial charge in [0.15, 0.2) is 0 Å². The summed E-state index contributed by atoms with van der Waals surface area (Å²) in [6.07, 6.45) is 0.354. The number of halogens is 3. The summed E-state index contributed by atoms with van der Waals surface area (Å²) in [5.41, 5.74) is 1.92. The molecule has 5 nitrogen and oxygen atoms in total. The molecule has 208 valence electrons. The molecule has 9 rings (SSSR count). The topological polar surface area (TPSA) is 42.0 Å². The van der Waals surface area contributed by atoms with Gasteiger partial charge in [-0.15, -0.1) is 0 Å². The van der Waals surface area contributed by atoms with Gasteiger partial charge in [-0.25, -0.2) is 0 Å². The Morgan fingerprint density at radius 1 is 1.18 bits per heavy atom. The van der Waals surface area contributed by atoms with Gasteiger partial charge in [-0.3, -0.25) is 9.69 Å². The van der Waals surface area contributed by atoms with E-state index in [1.54, 1.807) is 12.0 Å². The van der Waals surface area contributed by atoms with E-state index in [4.69, 9.17) is 9.47 Å². The van der Waals surface area contributed by atoms with Gasteiger partial charge in [0.05, 0.1) is 18.3 Å². The van der Waals surface area contributed by atoms with E-state index in [1.807, 2.05) is 6.07 Å². The number of rotatable bonds is 4. The molecule has 0 radical (unpaired) electrons. The average molecular weight is 549 g/mol. The summed E-state index contributed by atoms with van der Waals surface area (Å²) in [6, 6.07) is 11.4. The quantitative estimate of drug-likeness (QED) is 0.528. The van der Waals surface area contributed by atoms with Crippen LogP contribution in [0.3, 0.4) is 0 Å². The molecule has 2 aromatic rings. The van der Waals surface area contributed by atoms with Gasteiger partial charge in [-0.05, 0) is 79.5 Å². The molecule has 3 saturated heterocycles. The molecule has 0 N–H and O–H groups in total. The van der Waals surface area contributed by atoms with Crippen molar-refractivity contribution in [3.63, 3.8) is 0 Å². The molecule has 8 heteroatoms. The molecule has 2 aromatic carbocycles. The standard InChI is InChI=1S/C32H31F3N2O3/c1-17-26-25-24(37(17)27(38)19-4-3-5-21(12-19)32(33,34)35)10-11-30(40-26)28-29(16-36(28)15-18-6-7-18)14-20-8-9-22(39-2)13-23(20)31(25,29)30/h3-5,8-9,12-13,18,24-26,28H,1,6-7,10-11,14-16H2,2H3/t24?,25?,26-,28?,29?,30?,31?/m1/s1. The number of benzene rings is 2. The molecule has 6 fully saturated rings. The molecular weight excluding hydrogens is 517 g/mol. The number of amides is 1. The lowest BCUT2D eigenvalue weighted by atomic mass is 9.29. The minimum atomic E-state index is -4.52. The highest BCUT2D eigenvalue weighted by atomic mass is 19.4. The number of nitrogens with zero attached hydrogens (tertiary/aromatic N) is 2. The number of fused-ring (bicyclic) bond motifs is 1. The highest BCUT2D eigenvalue weighted by Crippen LogP contribution is 2.86. The first-order valence-electron chi connectivity index (χ1n) is 14.5. The predicted octanol–water partition coefficient (Wildman–Crippen LogP) is 5.19. The number of methoxy groups -OCH3 is 1. The first kappa shape index (κ1) is 23.8. The zero-order chi connectivity index (χ0) is 27.4. The van der Waals surface area contributed by atoms with Crippen LogP contribution in [0.1, 0.15) is 52.7 Å². The van der Waals surface area contributed by atoms with E-state index in [2.05, 4.69) is 23.6 Å². The fourth-order valence-electron chi connectivity index (χ4n) is 10.6. The van der Waals surface area contributed by atoms with E-state index in [0.29, 0.717) is 11.7 Å². The molecule has 7 aliphatic rings. The number of hydrogen-bond donors (Lipinski definition) is 0. The van der Waals surface area contributed by atoms with E-state index < -0.39 is 17.6 Å². The molecule has 0 aromatic heterocycles. The normalized spacial score (nSPS) is 40.1. The number of piperidine rings is 1. The van der Waals surface area contributed by atoms with Crippen molar-refractivity contribution in [2.45, 2.75) is 67.5 Å². The van der Waals surface area contributed by atoms with Crippen molar-refractivity contribution in [1.82, 2.24) is 9.80 Å². The van der Waals surface area contributed by atoms with Gasteiger partial charge in [0.1, 0.15) is 11.9 Å². The van der Waals surface area contributed by atoms with Gasteiger partial charge in [0.25, 0.3) is 5.91 Å². The zero-order valence-corrected chi connectivity index (χ0v) is 22.3. The van der Waals surface area contributed by atoms with Crippen molar-refractivity contribution in [3.05, 3.63) is 77.0 Å². The monoisotopic (exact) mass is 548 g/mol. The van der Waals surface area contributed by atoms with Crippen molar-refractivity contribution >= 4 is 5.91 Å². The predicted molar refractivity (Wildman–Crippen MR) is 140 cm³/mol. The Hall–Kier alpha value is -2.84. The summed E-state index contributed by atoms with van der Waals surface area (Å²) in [5.74, 6) is 1.23. The molecular formula is C32H31F3N2O3. The first-order chi connectivity index (χ1) is 19.2. The summed E-state index contributed by atoms with van der Waals surface area (Å²) in [6.45, 7) is 6.53. The maximum absolute atomic E-state index is 13.9. The molecule has 1 amide bonds. The Morgan fingerprint density at radius 2 is 2.00 bits per heavy atom. The lowest BCUT2D eigenvalue weighted by Crippen LogP contribution is -2.94. The Balaban J connectivity index is 1.16. The van der Waals surface area contributed by atoms with Crippen LogP contribution in [0.15, 0.2) is 54.7 Å². The van der Waals surface area contributed by atoms with Crippen LogP contribution in [0, 0.1) is 17.3 Å². The van der Waals surface area contributed by atoms with Gasteiger partial charge >= 0.3 is 6.18 Å². The largest absolute Gasteiger partial charge is 0.497 e. The Kier molecular flexibility index (Phi) is 4.25. The molecule has 2 spiro atoms. The highest BCUT2D eigenvalue weighted by Gasteiger charge is 2.95. The van der Waals surface area contributed by atoms with Crippen LogP contribution >= 0.6 is 0 Å². The maximum atomic E-state index is 13.9. The molecule has 4 aliphatic carbocycles. The lowest BCUT2D eigenvalue weighted by Gasteiger charge is -2.82. The maximum Gasteiger partial charge on any atom is 0.416 e. The van der Waals surface area contributed by atoms with Crippen molar-refractivity contribution < 1.29 is 27.4 Å². The van der Waals surface area contributed by atoms with Crippen molar-refractivity contribution in [1.29, 1.82) is 0 Å². The van der Waals surface area contributed by atoms with Crippen LogP contribution in [0.2, 0.25) is 0 Å². The number of ether oxygens (including phenoxy) is 2. The van der Waals surface area contributed by atoms with Crippen LogP contribution in [0.25, 0.3) is 0 Å². The summed E-state index contributed by atoms with van der Waals surface area (Å²) in [4.78, 5) is 18.3. The van der Waals surface area contributed by atoms with E-state index in [-0.39, 0.29) is 40.1 Å². The van der Waals surface area contributed by atoms with Crippen LogP contribution in [-0.4, -0.2) is 59.7 Å². The summed E-state index contributed by atoms with van der Waals surface area (Å²) >= 11 is 0. The van der Waals surface area contributed by atoms with Crippen molar-refractivity contribution in [3.8, 4) is 5.75 Å². The second-order valence-corrected chi connectivity index (χ2v) is 13.2. The van der Waals surface area contributed by atoms with Crippen molar-refractivity contribution in [2.75, 3.05) is 20.2 Å². The summed E-state index contributed by atoms with van der Waals surface area (Å²) in [7, 11) is 1.69. The van der Waals surface area contributed by atoms with Gasteiger partial charge in [0.2, 0.25) is 0 Å². The third-order valence-corrected chi connectivity index (χ3v) is 11.7. The Labute approximate surface area is 230 Å². The number of likely N-dealkylation sites (tertiary alicyclic amines) is 2. The van der Waals surface area contributed by atoms with E-state index in [0.717, 1.165) is 56.2 Å². The second kappa shape index (κ2) is 7.13. The summed E-state index contributed by atoms with van der Waals surface area (Å²) in [5, 5.41) is 0. The molecule has 7 atom stereocenters. The SMILES string of the molecule is C=C1[C@H]2OC34CCC(C2C32c3cc(OC)ccc3CC23CN(CC2CC2)C34)N1C(=O)c1cccc(C(F)(F)F)c1. The van der Waals surface area contributed by atoms with Crippen LogP contribution in [0.4, 0.5) is 13.2 Å². The lowest BCUT2D eigenvalue weighted by molar-refractivity contribution is -0.340. The van der Waals surface area contributed by atoms with E-state index >= 15 is 0 Å². The average Bonchev–Trinajstić information content (AvgIpc) is 3.61. The van der Waals surface area contributed by atoms with Crippen LogP contribution in [-0.2, 0) is 22.7 Å². The fourth-order valence-corrected chi connectivity index (χ4v) is 10.6. The van der Waals surface area contributed by atoms with Gasteiger partial charge < -0.3 is 14.4 Å². The van der Waals surface area contributed by atoms with E-state index in [1.165, 1.54) is 36.1 Å². The highest BCUT2D eigenvalue weighted by molar-refractivity contribution is 5.96. The van der Waals surface area contributed by atoms with Gasteiger partial charge in [0, 0.05) is 53.2 Å². The first-order valence-corrected chi connectivity index (χ1v) is 14.5.